The van der Waals surface area contributed by atoms with Crippen molar-refractivity contribution in [2.75, 3.05) is 6.54 Å². The molecule has 0 amide bonds. The van der Waals surface area contributed by atoms with Crippen molar-refractivity contribution in [3.05, 3.63) is 47.5 Å². The van der Waals surface area contributed by atoms with E-state index in [1.54, 1.807) is 6.33 Å². The third-order valence-electron chi connectivity index (χ3n) is 4.02. The van der Waals surface area contributed by atoms with Crippen LogP contribution in [0.25, 0.3) is 0 Å². The summed E-state index contributed by atoms with van der Waals surface area (Å²) in [4.78, 5) is 4.33. The lowest BCUT2D eigenvalue weighted by atomic mass is 9.81. The molecule has 0 radical (unpaired) electrons. The molecule has 0 fully saturated rings. The molecule has 2 aromatic rings. The second-order valence-corrected chi connectivity index (χ2v) is 5.30. The van der Waals surface area contributed by atoms with Crippen LogP contribution < -0.4 is 5.73 Å². The summed E-state index contributed by atoms with van der Waals surface area (Å²) in [7, 11) is 1.94. The highest BCUT2D eigenvalue weighted by Crippen LogP contribution is 2.38. The summed E-state index contributed by atoms with van der Waals surface area (Å²) < 4.78 is 1.85. The number of fused-ring (bicyclic) bond motifs is 1. The molecule has 1 aliphatic rings. The van der Waals surface area contributed by atoms with E-state index < -0.39 is 0 Å². The molecule has 1 heterocycles. The van der Waals surface area contributed by atoms with Gasteiger partial charge in [-0.25, -0.2) is 4.98 Å². The molecular formula is C14H18N4. The molecule has 4 heteroatoms. The molecule has 1 aliphatic carbocycles. The normalized spacial score (nSPS) is 16.8. The number of aromatic nitrogens is 3. The summed E-state index contributed by atoms with van der Waals surface area (Å²) in [6, 6.07) is 8.63. The quantitative estimate of drug-likeness (QED) is 0.877. The number of aryl methyl sites for hydroxylation is 1. The van der Waals surface area contributed by atoms with Crippen molar-refractivity contribution in [3.8, 4) is 0 Å². The minimum atomic E-state index is 0.116. The molecule has 0 atom stereocenters. The van der Waals surface area contributed by atoms with Gasteiger partial charge in [-0.05, 0) is 35.9 Å². The third kappa shape index (κ3) is 1.82. The number of nitrogens with zero attached hydrogens (tertiary/aromatic N) is 3. The minimum Gasteiger partial charge on any atom is -0.330 e. The Labute approximate surface area is 107 Å². The monoisotopic (exact) mass is 242 g/mol. The largest absolute Gasteiger partial charge is 0.330 e. The third-order valence-corrected chi connectivity index (χ3v) is 4.02. The van der Waals surface area contributed by atoms with Crippen LogP contribution in [0.5, 0.6) is 0 Å². The van der Waals surface area contributed by atoms with Crippen LogP contribution in [0.15, 0.2) is 30.6 Å². The van der Waals surface area contributed by atoms with Gasteiger partial charge in [0.2, 0.25) is 0 Å². The SMILES string of the molecule is Cn1ncnc1CC1(CN)Cc2ccccc2C1. The Kier molecular flexibility index (Phi) is 2.67. The summed E-state index contributed by atoms with van der Waals surface area (Å²) >= 11 is 0. The van der Waals surface area contributed by atoms with E-state index >= 15 is 0 Å². The number of rotatable bonds is 3. The van der Waals surface area contributed by atoms with Gasteiger partial charge >= 0.3 is 0 Å². The number of benzene rings is 1. The van der Waals surface area contributed by atoms with Crippen LogP contribution in [-0.2, 0) is 26.3 Å². The Bertz CT molecular complexity index is 533. The summed E-state index contributed by atoms with van der Waals surface area (Å²) in [6.45, 7) is 0.689. The lowest BCUT2D eigenvalue weighted by molar-refractivity contribution is 0.303. The van der Waals surface area contributed by atoms with Crippen molar-refractivity contribution in [1.82, 2.24) is 14.8 Å². The summed E-state index contributed by atoms with van der Waals surface area (Å²) in [5.74, 6) is 1.02. The number of hydrogen-bond acceptors (Lipinski definition) is 3. The van der Waals surface area contributed by atoms with Gasteiger partial charge in [0.15, 0.2) is 0 Å². The van der Waals surface area contributed by atoms with Gasteiger partial charge in [0, 0.05) is 13.5 Å². The van der Waals surface area contributed by atoms with Crippen LogP contribution in [0, 0.1) is 5.41 Å². The van der Waals surface area contributed by atoms with Gasteiger partial charge in [-0.1, -0.05) is 24.3 Å². The van der Waals surface area contributed by atoms with Gasteiger partial charge in [-0.2, -0.15) is 5.10 Å². The van der Waals surface area contributed by atoms with Crippen molar-refractivity contribution in [1.29, 1.82) is 0 Å². The van der Waals surface area contributed by atoms with E-state index in [4.69, 9.17) is 5.73 Å². The Balaban J connectivity index is 1.88. The number of hydrogen-bond donors (Lipinski definition) is 1. The van der Waals surface area contributed by atoms with E-state index in [0.717, 1.165) is 25.1 Å². The van der Waals surface area contributed by atoms with Crippen molar-refractivity contribution in [3.63, 3.8) is 0 Å². The Morgan fingerprint density at radius 3 is 2.44 bits per heavy atom. The van der Waals surface area contributed by atoms with Gasteiger partial charge in [0.1, 0.15) is 12.2 Å². The fourth-order valence-electron chi connectivity index (χ4n) is 2.93. The molecule has 1 aromatic heterocycles. The van der Waals surface area contributed by atoms with E-state index in [9.17, 15) is 0 Å². The predicted molar refractivity (Wildman–Crippen MR) is 70.0 cm³/mol. The predicted octanol–water partition coefficient (Wildman–Crippen LogP) is 1.10. The standard InChI is InChI=1S/C14H18N4/c1-18-13(16-10-17-18)8-14(9-15)6-11-4-2-3-5-12(11)7-14/h2-5,10H,6-9,15H2,1H3. The van der Waals surface area contributed by atoms with E-state index in [-0.39, 0.29) is 5.41 Å². The fraction of sp³-hybridized carbons (Fsp3) is 0.429. The first-order valence-electron chi connectivity index (χ1n) is 6.32. The smallest absolute Gasteiger partial charge is 0.138 e. The molecule has 3 rings (SSSR count). The molecule has 0 bridgehead atoms. The first-order chi connectivity index (χ1) is 8.72. The van der Waals surface area contributed by atoms with Crippen LogP contribution in [0.4, 0.5) is 0 Å². The zero-order valence-corrected chi connectivity index (χ0v) is 10.6. The van der Waals surface area contributed by atoms with Crippen LogP contribution in [0.2, 0.25) is 0 Å². The van der Waals surface area contributed by atoms with Crippen LogP contribution >= 0.6 is 0 Å². The molecular weight excluding hydrogens is 224 g/mol. The van der Waals surface area contributed by atoms with Crippen LogP contribution in [0.3, 0.4) is 0 Å². The lowest BCUT2D eigenvalue weighted by Gasteiger charge is -2.26. The maximum Gasteiger partial charge on any atom is 0.138 e. The van der Waals surface area contributed by atoms with E-state index in [2.05, 4.69) is 34.3 Å². The van der Waals surface area contributed by atoms with E-state index in [0.29, 0.717) is 6.54 Å². The topological polar surface area (TPSA) is 56.7 Å². The van der Waals surface area contributed by atoms with Gasteiger partial charge in [-0.3, -0.25) is 4.68 Å². The Morgan fingerprint density at radius 2 is 1.94 bits per heavy atom. The zero-order chi connectivity index (χ0) is 12.6. The summed E-state index contributed by atoms with van der Waals surface area (Å²) in [5.41, 5.74) is 9.04. The van der Waals surface area contributed by atoms with Crippen molar-refractivity contribution in [2.45, 2.75) is 19.3 Å². The molecule has 18 heavy (non-hydrogen) atoms. The molecule has 2 N–H and O–H groups in total. The Morgan fingerprint density at radius 1 is 1.28 bits per heavy atom. The first-order valence-corrected chi connectivity index (χ1v) is 6.32. The van der Waals surface area contributed by atoms with Crippen molar-refractivity contribution >= 4 is 0 Å². The molecule has 0 aliphatic heterocycles. The van der Waals surface area contributed by atoms with E-state index in [1.807, 2.05) is 11.7 Å². The molecule has 0 saturated carbocycles. The maximum absolute atomic E-state index is 6.06. The van der Waals surface area contributed by atoms with Crippen molar-refractivity contribution in [2.24, 2.45) is 18.2 Å². The summed E-state index contributed by atoms with van der Waals surface area (Å²) in [5, 5.41) is 4.14. The van der Waals surface area contributed by atoms with Crippen LogP contribution in [-0.4, -0.2) is 21.3 Å². The molecule has 0 saturated heterocycles. The average molecular weight is 242 g/mol. The molecule has 94 valence electrons. The fourth-order valence-corrected chi connectivity index (χ4v) is 2.93. The molecule has 0 unspecified atom stereocenters. The average Bonchev–Trinajstić information content (AvgIpc) is 2.94. The molecule has 0 spiro atoms. The second kappa shape index (κ2) is 4.21. The van der Waals surface area contributed by atoms with Crippen LogP contribution in [0.1, 0.15) is 17.0 Å². The first kappa shape index (κ1) is 11.4. The van der Waals surface area contributed by atoms with E-state index in [1.165, 1.54) is 11.1 Å². The lowest BCUT2D eigenvalue weighted by Crippen LogP contribution is -2.34. The minimum absolute atomic E-state index is 0.116. The Hall–Kier alpha value is -1.68. The zero-order valence-electron chi connectivity index (χ0n) is 10.6. The van der Waals surface area contributed by atoms with Gasteiger partial charge in [0.25, 0.3) is 0 Å². The van der Waals surface area contributed by atoms with Gasteiger partial charge in [0.05, 0.1) is 0 Å². The number of nitrogens with two attached hydrogens (primary N) is 1. The second-order valence-electron chi connectivity index (χ2n) is 5.30. The highest BCUT2D eigenvalue weighted by Gasteiger charge is 2.37. The maximum atomic E-state index is 6.06. The summed E-state index contributed by atoms with van der Waals surface area (Å²) in [6.07, 6.45) is 4.61. The highest BCUT2D eigenvalue weighted by molar-refractivity contribution is 5.35. The molecule has 4 nitrogen and oxygen atoms in total. The van der Waals surface area contributed by atoms with Gasteiger partial charge < -0.3 is 5.73 Å². The highest BCUT2D eigenvalue weighted by atomic mass is 15.3. The molecule has 1 aromatic carbocycles. The van der Waals surface area contributed by atoms with Gasteiger partial charge in [-0.15, -0.1) is 0 Å². The van der Waals surface area contributed by atoms with Crippen molar-refractivity contribution < 1.29 is 0 Å².